The second-order valence-electron chi connectivity index (χ2n) is 25.4. The lowest BCUT2D eigenvalue weighted by atomic mass is 9.70. The molecule has 14 atom stereocenters. The Labute approximate surface area is 580 Å². The third-order valence-electron chi connectivity index (χ3n) is 16.9. The minimum atomic E-state index is -2.56. The number of benzene rings is 3. The molecule has 528 valence electrons. The van der Waals surface area contributed by atoms with Crippen molar-refractivity contribution in [1.82, 2.24) is 47.5 Å². The molecule has 1 saturated carbocycles. The number of hydrogen-bond donors (Lipinski definition) is 17. The van der Waals surface area contributed by atoms with Gasteiger partial charge in [0.25, 0.3) is 0 Å². The molecular weight excluding hydrogens is 1420 g/mol. The number of aliphatic imine (C=N–C) groups is 1. The highest BCUT2D eigenvalue weighted by atomic mass is 127. The molecule has 2 aliphatic heterocycles. The molecule has 97 heavy (non-hydrogen) atoms. The van der Waals surface area contributed by atoms with Crippen molar-refractivity contribution >= 4 is 120 Å². The fourth-order valence-corrected chi connectivity index (χ4v) is 14.4. The Balaban J connectivity index is 1.29. The number of carboxylic acids is 1. The summed E-state index contributed by atoms with van der Waals surface area (Å²) in [7, 11) is 1.66. The molecule has 1 aliphatic carbocycles. The van der Waals surface area contributed by atoms with Gasteiger partial charge in [-0.05, 0) is 109 Å². The number of aromatic nitrogens is 1. The fraction of sp³-hybridized carbons (Fsp3) is 0.523. The molecule has 7 amide bonds. The highest BCUT2D eigenvalue weighted by Crippen LogP contribution is 2.35. The van der Waals surface area contributed by atoms with E-state index in [-0.39, 0.29) is 75.2 Å². The zero-order valence-electron chi connectivity index (χ0n) is 54.0. The van der Waals surface area contributed by atoms with Crippen molar-refractivity contribution < 1.29 is 93.5 Å². The van der Waals surface area contributed by atoms with Gasteiger partial charge in [-0.15, -0.1) is 0 Å². The average molecular weight is 1500 g/mol. The van der Waals surface area contributed by atoms with Crippen molar-refractivity contribution in [3.05, 3.63) is 99.3 Å². The van der Waals surface area contributed by atoms with Crippen LogP contribution < -0.4 is 42.5 Å². The molecule has 3 heterocycles. The van der Waals surface area contributed by atoms with E-state index in [1.165, 1.54) is 12.1 Å². The number of ketones is 2. The van der Waals surface area contributed by atoms with Crippen molar-refractivity contribution in [3.63, 3.8) is 0 Å². The number of unbranched alkanes of at least 4 members (excludes halogenated alkanes) is 1. The smallest absolute Gasteiger partial charge is 0.328 e. The summed E-state index contributed by atoms with van der Waals surface area (Å²) in [5, 5.41) is 107. The number of amides is 7. The van der Waals surface area contributed by atoms with Crippen LogP contribution in [-0.2, 0) is 71.9 Å². The maximum Gasteiger partial charge on any atom is 0.328 e. The number of carboxylic acid groups (broad SMARTS) is 1. The van der Waals surface area contributed by atoms with Crippen LogP contribution in [0.25, 0.3) is 10.9 Å². The third kappa shape index (κ3) is 21.4. The summed E-state index contributed by atoms with van der Waals surface area (Å²) in [6.07, 6.45) is -7.45. The standard InChI is InChI=1S/C65H85IN10O19S2/c1-32(51-48(80)25-64(4,5)26-49(51)81)67-20-12-11-17-41-56(85)75-52(33(2)77)62(91)74-46(61(90)76-53(34(3)78)63(92)93)30-97-96-29-45(73-57(86)42(22-35-13-7-6-8-14-35)69-31-65(94)55(84)54(83)50(82)28-95-65)60(89)71-43(23-36-18-19-47(79)39(66)21-36)58(87)72-44(59(88)70-41)24-37-27-68-40-16-10-9-15-38(37)40/h6-10,13-16,18-19,21,27,33-34,41-46,50-55,68-69,77-79,82-84,94H,11-12,17,20,22-26,28-31H2,1-5H3,(H,70,88)(H,71,89)(H,72,87)(H,73,86)(H,74,91)(H,75,85)(H,76,90)(H,92,93)/t33-,34-,41+,42-,43+,44-,45+,46+,50-,52+,53-,54-,55+,65-/m1/s1. The summed E-state index contributed by atoms with van der Waals surface area (Å²) in [6.45, 7) is 6.26. The SMILES string of the molecule is CC(=NCCCC[C@@H]1NC(=O)[C@@H](Cc2c[nH]c3ccccc23)NC(=O)[C@H](Cc2ccc(O)c(I)c2)NC(=O)[C@@H](NC(=O)[C@@H](Cc2ccccc2)NC[C@@]2(O)OC[C@@H](O)[C@@H](O)[C@@H]2O)CSSC[C@@H](C(=O)N[C@@H](C(=O)O)[C@@H](C)O)NC(=O)[C@H]([C@@H](C)O)NC1=O)C1C(=O)CC(C)(C)CC1=O. The van der Waals surface area contributed by atoms with E-state index in [1.807, 2.05) is 36.4 Å². The molecule has 17 N–H and O–H groups in total. The van der Waals surface area contributed by atoms with Crippen LogP contribution in [0.3, 0.4) is 0 Å². The lowest BCUT2D eigenvalue weighted by molar-refractivity contribution is -0.318. The molecule has 0 bridgehead atoms. The first-order valence-corrected chi connectivity index (χ1v) is 35.1. The van der Waals surface area contributed by atoms with E-state index in [4.69, 9.17) is 4.74 Å². The lowest BCUT2D eigenvalue weighted by Gasteiger charge is -2.42. The molecule has 0 radical (unpaired) electrons. The van der Waals surface area contributed by atoms with Crippen LogP contribution in [0.1, 0.15) is 83.4 Å². The number of aromatic hydroxyl groups is 1. The van der Waals surface area contributed by atoms with E-state index in [9.17, 15) is 74.4 Å². The van der Waals surface area contributed by atoms with Gasteiger partial charge in [-0.25, -0.2) is 4.79 Å². The number of aliphatic hydroxyl groups excluding tert-OH is 5. The predicted octanol–water partition coefficient (Wildman–Crippen LogP) is -0.894. The summed E-state index contributed by atoms with van der Waals surface area (Å²) in [5.74, 6) is -13.9. The predicted molar refractivity (Wildman–Crippen MR) is 365 cm³/mol. The first-order valence-electron chi connectivity index (χ1n) is 31.6. The van der Waals surface area contributed by atoms with Crippen LogP contribution in [0.15, 0.2) is 84.0 Å². The van der Waals surface area contributed by atoms with Crippen LogP contribution in [0.2, 0.25) is 0 Å². The molecule has 7 rings (SSSR count). The Kier molecular flexibility index (Phi) is 27.9. The van der Waals surface area contributed by atoms with Gasteiger partial charge in [-0.3, -0.25) is 48.1 Å². The van der Waals surface area contributed by atoms with Gasteiger partial charge in [-0.2, -0.15) is 0 Å². The van der Waals surface area contributed by atoms with E-state index in [0.29, 0.717) is 36.9 Å². The number of phenolic OH excluding ortho intramolecular Hbond substituents is 1. The van der Waals surface area contributed by atoms with Gasteiger partial charge in [0.05, 0.1) is 35.0 Å². The third-order valence-corrected chi connectivity index (χ3v) is 20.2. The van der Waals surface area contributed by atoms with E-state index in [2.05, 4.69) is 52.5 Å². The van der Waals surface area contributed by atoms with Crippen LogP contribution in [0.5, 0.6) is 5.75 Å². The number of fused-ring (bicyclic) bond motifs is 1. The Morgan fingerprint density at radius 2 is 1.40 bits per heavy atom. The van der Waals surface area contributed by atoms with E-state index in [0.717, 1.165) is 35.4 Å². The van der Waals surface area contributed by atoms with Crippen molar-refractivity contribution in [2.75, 3.05) is 31.2 Å². The average Bonchev–Trinajstić information content (AvgIpc) is 1.74. The molecule has 29 nitrogen and oxygen atoms in total. The van der Waals surface area contributed by atoms with Crippen LogP contribution in [0.4, 0.5) is 0 Å². The largest absolute Gasteiger partial charge is 0.507 e. The summed E-state index contributed by atoms with van der Waals surface area (Å²) < 4.78 is 5.72. The molecule has 32 heteroatoms. The number of phenols is 1. The fourth-order valence-electron chi connectivity index (χ4n) is 11.5. The van der Waals surface area contributed by atoms with Gasteiger partial charge in [0.15, 0.2) is 6.04 Å². The Morgan fingerprint density at radius 1 is 0.773 bits per heavy atom. The normalized spacial score (nSPS) is 26.6. The summed E-state index contributed by atoms with van der Waals surface area (Å²) in [4.78, 5) is 150. The lowest BCUT2D eigenvalue weighted by Crippen LogP contribution is -2.66. The van der Waals surface area contributed by atoms with Gasteiger partial charge in [-0.1, -0.05) is 90.0 Å². The second kappa shape index (κ2) is 35.1. The minimum Gasteiger partial charge on any atom is -0.507 e. The number of H-pyrrole nitrogens is 1. The quantitative estimate of drug-likeness (QED) is 0.0149. The van der Waals surface area contributed by atoms with Crippen molar-refractivity contribution in [1.29, 1.82) is 0 Å². The molecule has 1 aromatic heterocycles. The van der Waals surface area contributed by atoms with E-state index < -0.39 is 168 Å². The van der Waals surface area contributed by atoms with Gasteiger partial charge >= 0.3 is 5.97 Å². The monoisotopic (exact) mass is 1500 g/mol. The number of para-hydroxylation sites is 1. The molecule has 3 fully saturated rings. The number of rotatable bonds is 22. The van der Waals surface area contributed by atoms with Crippen LogP contribution in [0, 0.1) is 14.9 Å². The number of aromatic amines is 1. The maximum atomic E-state index is 15.3. The molecular formula is C65H85IN10O19S2. The first-order chi connectivity index (χ1) is 45.8. The molecule has 3 aromatic carbocycles. The van der Waals surface area contributed by atoms with Gasteiger partial charge in [0.1, 0.15) is 77.8 Å². The number of nitrogens with one attached hydrogen (secondary N) is 9. The zero-order chi connectivity index (χ0) is 71.1. The van der Waals surface area contributed by atoms with Gasteiger partial charge < -0.3 is 93.1 Å². The number of halogens is 1. The van der Waals surface area contributed by atoms with Crippen LogP contribution >= 0.6 is 44.2 Å². The summed E-state index contributed by atoms with van der Waals surface area (Å²) in [6, 6.07) is 6.57. The Bertz CT molecular complexity index is 3510. The summed E-state index contributed by atoms with van der Waals surface area (Å²) in [5.41, 5.74) is 1.94. The van der Waals surface area contributed by atoms with Gasteiger partial charge in [0, 0.05) is 66.5 Å². The molecule has 4 aromatic rings. The maximum absolute atomic E-state index is 15.3. The number of carbonyl (C=O) groups excluding carboxylic acids is 9. The van der Waals surface area contributed by atoms with Crippen molar-refractivity contribution in [2.45, 2.75) is 171 Å². The Hall–Kier alpha value is -7.12. The number of aliphatic carboxylic acids is 1. The minimum absolute atomic E-state index is 0.0793. The number of hydrogen-bond acceptors (Lipinski definition) is 22. The highest BCUT2D eigenvalue weighted by Gasteiger charge is 2.49. The van der Waals surface area contributed by atoms with Crippen LogP contribution in [-0.4, -0.2) is 226 Å². The number of Topliss-reactive ketones (excluding diaryl/α,β-unsaturated/α-hetero) is 2. The first kappa shape index (κ1) is 77.2. The number of ether oxygens (including phenoxy) is 1. The molecule has 2 saturated heterocycles. The topological polar surface area (TPSA) is 466 Å². The number of carbonyl (C=O) groups is 10. The molecule has 3 aliphatic rings. The molecule has 0 spiro atoms. The highest BCUT2D eigenvalue weighted by molar-refractivity contribution is 14.1. The number of aliphatic hydroxyl groups is 6. The van der Waals surface area contributed by atoms with Crippen molar-refractivity contribution in [3.8, 4) is 5.75 Å². The van der Waals surface area contributed by atoms with E-state index in [1.54, 1.807) is 73.8 Å². The zero-order valence-corrected chi connectivity index (χ0v) is 57.8. The summed E-state index contributed by atoms with van der Waals surface area (Å²) >= 11 is 1.87. The Morgan fingerprint density at radius 3 is 2.06 bits per heavy atom. The number of nitrogens with zero attached hydrogens (tertiary/aromatic N) is 1. The van der Waals surface area contributed by atoms with Gasteiger partial charge in [0.2, 0.25) is 47.1 Å². The van der Waals surface area contributed by atoms with E-state index >= 15 is 14.4 Å². The van der Waals surface area contributed by atoms with Crippen molar-refractivity contribution in [2.24, 2.45) is 16.3 Å². The second-order valence-corrected chi connectivity index (χ2v) is 29.1. The molecule has 0 unspecified atom stereocenters.